The summed E-state index contributed by atoms with van der Waals surface area (Å²) >= 11 is 6.15. The molecule has 0 bridgehead atoms. The van der Waals surface area contributed by atoms with E-state index in [1.807, 2.05) is 6.07 Å². The van der Waals surface area contributed by atoms with E-state index < -0.39 is 0 Å². The molecule has 21 heavy (non-hydrogen) atoms. The van der Waals surface area contributed by atoms with Crippen molar-refractivity contribution in [3.63, 3.8) is 0 Å². The normalized spacial score (nSPS) is 18.4. The predicted octanol–water partition coefficient (Wildman–Crippen LogP) is 5.47. The third-order valence-corrected chi connectivity index (χ3v) is 5.02. The summed E-state index contributed by atoms with van der Waals surface area (Å²) < 4.78 is 0. The molecule has 1 unspecified atom stereocenters. The molecule has 1 aliphatic carbocycles. The second-order valence-corrected chi connectivity index (χ2v) is 6.99. The van der Waals surface area contributed by atoms with E-state index in [1.54, 1.807) is 0 Å². The summed E-state index contributed by atoms with van der Waals surface area (Å²) in [5, 5.41) is 4.52. The third-order valence-electron chi connectivity index (χ3n) is 4.79. The largest absolute Gasteiger partial charge is 0.316 e. The van der Waals surface area contributed by atoms with Gasteiger partial charge in [0.25, 0.3) is 0 Å². The monoisotopic (exact) mass is 307 g/mol. The molecule has 0 aliphatic heterocycles. The van der Waals surface area contributed by atoms with E-state index in [0.717, 1.165) is 29.9 Å². The molecule has 0 saturated heterocycles. The topological polar surface area (TPSA) is 12.0 Å². The van der Waals surface area contributed by atoms with Crippen LogP contribution >= 0.6 is 11.6 Å². The summed E-state index contributed by atoms with van der Waals surface area (Å²) in [4.78, 5) is 0. The number of hydrogen-bond acceptors (Lipinski definition) is 1. The van der Waals surface area contributed by atoms with Gasteiger partial charge < -0.3 is 5.32 Å². The first-order valence-electron chi connectivity index (χ1n) is 8.74. The van der Waals surface area contributed by atoms with Gasteiger partial charge >= 0.3 is 0 Å². The Balaban J connectivity index is 1.99. The minimum atomic E-state index is 0.758. The minimum absolute atomic E-state index is 0.758. The van der Waals surface area contributed by atoms with Crippen LogP contribution in [0.15, 0.2) is 24.3 Å². The van der Waals surface area contributed by atoms with Crippen LogP contribution in [0.4, 0.5) is 0 Å². The maximum Gasteiger partial charge on any atom is 0.0408 e. The maximum absolute atomic E-state index is 6.15. The highest BCUT2D eigenvalue weighted by Gasteiger charge is 2.22. The third kappa shape index (κ3) is 6.00. The summed E-state index contributed by atoms with van der Waals surface area (Å²) in [6.45, 7) is 4.54. The van der Waals surface area contributed by atoms with Gasteiger partial charge in [0.2, 0.25) is 0 Å². The maximum atomic E-state index is 6.15. The van der Waals surface area contributed by atoms with Gasteiger partial charge in [-0.3, -0.25) is 0 Å². The Hall–Kier alpha value is -0.530. The summed E-state index contributed by atoms with van der Waals surface area (Å²) in [7, 11) is 0. The lowest BCUT2D eigenvalue weighted by Crippen LogP contribution is -2.30. The zero-order chi connectivity index (χ0) is 14.9. The fraction of sp³-hybridized carbons (Fsp3) is 0.684. The summed E-state index contributed by atoms with van der Waals surface area (Å²) in [6, 6.07) is 8.43. The van der Waals surface area contributed by atoms with Gasteiger partial charge in [0.15, 0.2) is 0 Å². The average molecular weight is 308 g/mol. The molecule has 0 radical (unpaired) electrons. The number of hydrogen-bond donors (Lipinski definition) is 1. The fourth-order valence-electron chi connectivity index (χ4n) is 3.62. The van der Waals surface area contributed by atoms with Gasteiger partial charge in [0.1, 0.15) is 0 Å². The molecule has 0 aromatic heterocycles. The number of nitrogens with one attached hydrogen (secondary N) is 1. The highest BCUT2D eigenvalue weighted by atomic mass is 35.5. The van der Waals surface area contributed by atoms with Gasteiger partial charge in [0.05, 0.1) is 0 Å². The van der Waals surface area contributed by atoms with Crippen LogP contribution in [0, 0.1) is 11.8 Å². The second-order valence-electron chi connectivity index (χ2n) is 6.55. The van der Waals surface area contributed by atoms with Crippen LogP contribution in [0.1, 0.15) is 57.4 Å². The minimum Gasteiger partial charge on any atom is -0.316 e. The Bertz CT molecular complexity index is 396. The highest BCUT2D eigenvalue weighted by molar-refractivity contribution is 6.30. The van der Waals surface area contributed by atoms with Gasteiger partial charge in [-0.1, -0.05) is 69.2 Å². The van der Waals surface area contributed by atoms with Gasteiger partial charge in [-0.05, 0) is 55.5 Å². The molecule has 1 saturated carbocycles. The van der Waals surface area contributed by atoms with Crippen molar-refractivity contribution in [3.8, 4) is 0 Å². The molecule has 1 atom stereocenters. The van der Waals surface area contributed by atoms with Gasteiger partial charge in [-0.15, -0.1) is 0 Å². The zero-order valence-electron chi connectivity index (χ0n) is 13.4. The molecule has 2 heteroatoms. The average Bonchev–Trinajstić information content (AvgIpc) is 2.75. The number of benzene rings is 1. The molecular weight excluding hydrogens is 278 g/mol. The molecule has 2 rings (SSSR count). The molecule has 1 aliphatic rings. The molecule has 0 amide bonds. The lowest BCUT2D eigenvalue weighted by Gasteiger charge is -2.27. The van der Waals surface area contributed by atoms with Crippen LogP contribution in [0.3, 0.4) is 0 Å². The van der Waals surface area contributed by atoms with Crippen LogP contribution < -0.4 is 5.32 Å². The lowest BCUT2D eigenvalue weighted by molar-refractivity contribution is 0.285. The molecule has 1 nitrogen and oxygen atoms in total. The van der Waals surface area contributed by atoms with Crippen molar-refractivity contribution < 1.29 is 0 Å². The van der Waals surface area contributed by atoms with Gasteiger partial charge in [-0.25, -0.2) is 0 Å². The van der Waals surface area contributed by atoms with Crippen molar-refractivity contribution in [2.24, 2.45) is 11.8 Å². The standard InChI is InChI=1S/C19H30ClN/c1-2-12-21-15-18(17-9-5-3-4-6-10-17)13-16-8-7-11-19(20)14-16/h7-8,11,14,17-18,21H,2-6,9-10,12-13,15H2,1H3. The van der Waals surface area contributed by atoms with E-state index in [-0.39, 0.29) is 0 Å². The SMILES string of the molecule is CCCNCC(Cc1cccc(Cl)c1)C1CCCCCC1. The molecule has 1 aromatic carbocycles. The first kappa shape index (κ1) is 16.8. The second kappa shape index (κ2) is 9.48. The van der Waals surface area contributed by atoms with E-state index >= 15 is 0 Å². The first-order valence-corrected chi connectivity index (χ1v) is 9.12. The van der Waals surface area contributed by atoms with Gasteiger partial charge in [-0.2, -0.15) is 0 Å². The van der Waals surface area contributed by atoms with Crippen molar-refractivity contribution in [2.75, 3.05) is 13.1 Å². The van der Waals surface area contributed by atoms with Crippen molar-refractivity contribution in [2.45, 2.75) is 58.3 Å². The summed E-state index contributed by atoms with van der Waals surface area (Å²) in [6.07, 6.45) is 10.9. The van der Waals surface area contributed by atoms with Crippen molar-refractivity contribution in [1.82, 2.24) is 5.32 Å². The van der Waals surface area contributed by atoms with Crippen molar-refractivity contribution in [1.29, 1.82) is 0 Å². The zero-order valence-corrected chi connectivity index (χ0v) is 14.2. The Morgan fingerprint density at radius 1 is 1.19 bits per heavy atom. The molecule has 118 valence electrons. The lowest BCUT2D eigenvalue weighted by atomic mass is 9.82. The van der Waals surface area contributed by atoms with Crippen LogP contribution in [0.25, 0.3) is 0 Å². The first-order chi connectivity index (χ1) is 10.3. The fourth-order valence-corrected chi connectivity index (χ4v) is 3.83. The van der Waals surface area contributed by atoms with Crippen LogP contribution in [0.5, 0.6) is 0 Å². The highest BCUT2D eigenvalue weighted by Crippen LogP contribution is 2.31. The molecule has 1 aromatic rings. The molecule has 1 fully saturated rings. The Morgan fingerprint density at radius 3 is 2.62 bits per heavy atom. The Morgan fingerprint density at radius 2 is 1.95 bits per heavy atom. The molecule has 0 spiro atoms. The van der Waals surface area contributed by atoms with E-state index in [2.05, 4.69) is 30.4 Å². The van der Waals surface area contributed by atoms with Gasteiger partial charge in [0, 0.05) is 5.02 Å². The molecular formula is C19H30ClN. The number of rotatable bonds is 7. The number of halogens is 1. The van der Waals surface area contributed by atoms with E-state index in [0.29, 0.717) is 0 Å². The van der Waals surface area contributed by atoms with E-state index in [1.165, 1.54) is 56.9 Å². The smallest absolute Gasteiger partial charge is 0.0408 e. The van der Waals surface area contributed by atoms with E-state index in [4.69, 9.17) is 11.6 Å². The quantitative estimate of drug-likeness (QED) is 0.520. The Kier molecular flexibility index (Phi) is 7.60. The van der Waals surface area contributed by atoms with Crippen LogP contribution in [0.2, 0.25) is 5.02 Å². The predicted molar refractivity (Wildman–Crippen MR) is 93.0 cm³/mol. The van der Waals surface area contributed by atoms with E-state index in [9.17, 15) is 0 Å². The van der Waals surface area contributed by atoms with Crippen LogP contribution in [-0.4, -0.2) is 13.1 Å². The van der Waals surface area contributed by atoms with Crippen molar-refractivity contribution in [3.05, 3.63) is 34.9 Å². The molecule has 0 heterocycles. The summed E-state index contributed by atoms with van der Waals surface area (Å²) in [5.74, 6) is 1.64. The van der Waals surface area contributed by atoms with Crippen molar-refractivity contribution >= 4 is 11.6 Å². The summed E-state index contributed by atoms with van der Waals surface area (Å²) in [5.41, 5.74) is 1.40. The molecule has 1 N–H and O–H groups in total. The Labute approximate surface area is 135 Å². The van der Waals surface area contributed by atoms with Crippen LogP contribution in [-0.2, 0) is 6.42 Å².